The van der Waals surface area contributed by atoms with Crippen molar-refractivity contribution in [2.75, 3.05) is 0 Å². The van der Waals surface area contributed by atoms with Crippen LogP contribution in [-0.4, -0.2) is 20.1 Å². The van der Waals surface area contributed by atoms with E-state index in [1.54, 1.807) is 24.3 Å². The number of hydrogen-bond donors (Lipinski definition) is 3. The smallest absolute Gasteiger partial charge is 0.287 e. The Labute approximate surface area is 102 Å². The van der Waals surface area contributed by atoms with Gasteiger partial charge in [0.15, 0.2) is 0 Å². The summed E-state index contributed by atoms with van der Waals surface area (Å²) in [5.74, 6) is -0.648. The number of aromatic amines is 1. The van der Waals surface area contributed by atoms with E-state index in [0.717, 1.165) is 5.56 Å². The molecule has 0 radical (unpaired) electrons. The summed E-state index contributed by atoms with van der Waals surface area (Å²) in [5.41, 5.74) is -0.312. The zero-order chi connectivity index (χ0) is 12.9. The number of nitrogens with one attached hydrogen (secondary N) is 1. The molecule has 0 amide bonds. The highest BCUT2D eigenvalue weighted by Crippen LogP contribution is 2.61. The van der Waals surface area contributed by atoms with Crippen LogP contribution in [0.25, 0.3) is 0 Å². The second-order valence-corrected chi connectivity index (χ2v) is 4.35. The molecule has 3 rings (SSSR count). The number of benzene rings is 1. The van der Waals surface area contributed by atoms with E-state index in [1.807, 2.05) is 6.07 Å². The molecule has 1 aromatic carbocycles. The van der Waals surface area contributed by atoms with Crippen molar-refractivity contribution in [3.8, 4) is 11.8 Å². The van der Waals surface area contributed by atoms with Crippen molar-refractivity contribution < 1.29 is 15.1 Å². The summed E-state index contributed by atoms with van der Waals surface area (Å²) in [6, 6.07) is 8.97. The molecule has 0 aliphatic heterocycles. The number of aromatic hydroxyl groups is 2. The topological polar surface area (TPSA) is 99.4 Å². The molecule has 1 aliphatic carbocycles. The van der Waals surface area contributed by atoms with Crippen molar-refractivity contribution in [3.05, 3.63) is 57.1 Å². The van der Waals surface area contributed by atoms with Gasteiger partial charge in [0.2, 0.25) is 11.8 Å². The Morgan fingerprint density at radius 2 is 1.72 bits per heavy atom. The van der Waals surface area contributed by atoms with Crippen LogP contribution in [0.4, 0.5) is 0 Å². The van der Waals surface area contributed by atoms with Crippen molar-refractivity contribution in [1.29, 1.82) is 0 Å². The molecule has 0 saturated heterocycles. The molecule has 0 saturated carbocycles. The third kappa shape index (κ3) is 1.17. The van der Waals surface area contributed by atoms with Gasteiger partial charge in [-0.1, -0.05) is 30.3 Å². The molecule has 0 unspecified atom stereocenters. The highest BCUT2D eigenvalue weighted by molar-refractivity contribution is 5.68. The first kappa shape index (κ1) is 10.6. The lowest BCUT2D eigenvalue weighted by molar-refractivity contribution is -0.550. The Bertz CT molecular complexity index is 609. The van der Waals surface area contributed by atoms with Crippen LogP contribution in [0.3, 0.4) is 0 Å². The number of hydrogen-bond acceptors (Lipinski definition) is 4. The fourth-order valence-electron chi connectivity index (χ4n) is 2.49. The molecule has 1 heterocycles. The predicted molar refractivity (Wildman–Crippen MR) is 62.0 cm³/mol. The third-order valence-corrected chi connectivity index (χ3v) is 3.34. The van der Waals surface area contributed by atoms with Gasteiger partial charge in [-0.3, -0.25) is 15.1 Å². The zero-order valence-corrected chi connectivity index (χ0v) is 9.25. The summed E-state index contributed by atoms with van der Waals surface area (Å²) in [5, 5.41) is 30.3. The Morgan fingerprint density at radius 3 is 2.22 bits per heavy atom. The van der Waals surface area contributed by atoms with Gasteiger partial charge >= 0.3 is 0 Å². The molecule has 0 atom stereocenters. The summed E-state index contributed by atoms with van der Waals surface area (Å²) in [4.78, 5) is 13.1. The van der Waals surface area contributed by atoms with E-state index in [1.165, 1.54) is 0 Å². The molecule has 1 aromatic heterocycles. The fraction of sp³-hybridized carbons (Fsp3) is 0.167. The van der Waals surface area contributed by atoms with E-state index >= 15 is 0 Å². The molecule has 2 aromatic rings. The van der Waals surface area contributed by atoms with E-state index in [4.69, 9.17) is 0 Å². The largest absolute Gasteiger partial charge is 0.494 e. The van der Waals surface area contributed by atoms with Gasteiger partial charge in [-0.25, -0.2) is 0 Å². The zero-order valence-electron chi connectivity index (χ0n) is 9.25. The maximum Gasteiger partial charge on any atom is 0.287 e. The lowest BCUT2D eigenvalue weighted by atomic mass is 10.0. The first-order valence-electron chi connectivity index (χ1n) is 5.40. The van der Waals surface area contributed by atoms with Gasteiger partial charge in [-0.15, -0.1) is 0 Å². The Hall–Kier alpha value is -2.50. The number of fused-ring (bicyclic) bond motifs is 1. The highest BCUT2D eigenvalue weighted by atomic mass is 16.6. The van der Waals surface area contributed by atoms with Crippen molar-refractivity contribution in [3.63, 3.8) is 0 Å². The van der Waals surface area contributed by atoms with Crippen LogP contribution in [-0.2, 0) is 12.0 Å². The van der Waals surface area contributed by atoms with Gasteiger partial charge in [0.05, 0.1) is 6.42 Å². The molecule has 6 nitrogen and oxygen atoms in total. The van der Waals surface area contributed by atoms with Crippen LogP contribution in [0.2, 0.25) is 0 Å². The molecule has 1 aliphatic rings. The van der Waals surface area contributed by atoms with Crippen molar-refractivity contribution in [2.45, 2.75) is 12.0 Å². The van der Waals surface area contributed by atoms with E-state index in [-0.39, 0.29) is 29.3 Å². The Morgan fingerprint density at radius 1 is 1.17 bits per heavy atom. The number of nitro groups is 1. The molecule has 6 heteroatoms. The van der Waals surface area contributed by atoms with Crippen LogP contribution in [0, 0.1) is 10.1 Å². The Balaban J connectivity index is 2.03. The normalized spacial score (nSPS) is 15.1. The molecule has 3 N–H and O–H groups in total. The van der Waals surface area contributed by atoms with Crippen LogP contribution in [0.15, 0.2) is 30.3 Å². The molecule has 0 fully saturated rings. The summed E-state index contributed by atoms with van der Waals surface area (Å²) >= 11 is 0. The van der Waals surface area contributed by atoms with Crippen LogP contribution in [0.5, 0.6) is 11.8 Å². The van der Waals surface area contributed by atoms with E-state index in [0.29, 0.717) is 0 Å². The van der Waals surface area contributed by atoms with E-state index in [9.17, 15) is 20.3 Å². The highest BCUT2D eigenvalue weighted by Gasteiger charge is 2.69. The van der Waals surface area contributed by atoms with Crippen LogP contribution >= 0.6 is 0 Å². The minimum atomic E-state index is -1.47. The van der Waals surface area contributed by atoms with Gasteiger partial charge in [0.1, 0.15) is 11.1 Å². The summed E-state index contributed by atoms with van der Waals surface area (Å²) in [6.07, 6.45) is 0.126. The van der Waals surface area contributed by atoms with Gasteiger partial charge in [0, 0.05) is 4.92 Å². The van der Waals surface area contributed by atoms with Gasteiger partial charge in [-0.2, -0.15) is 0 Å². The number of nitrogens with zero attached hydrogens (tertiary/aromatic N) is 1. The van der Waals surface area contributed by atoms with E-state index in [2.05, 4.69) is 4.98 Å². The Kier molecular flexibility index (Phi) is 1.92. The van der Waals surface area contributed by atoms with Crippen molar-refractivity contribution in [1.82, 2.24) is 4.98 Å². The van der Waals surface area contributed by atoms with Crippen LogP contribution < -0.4 is 0 Å². The number of aromatic nitrogens is 1. The van der Waals surface area contributed by atoms with Crippen molar-refractivity contribution >= 4 is 0 Å². The second kappa shape index (κ2) is 3.25. The van der Waals surface area contributed by atoms with Gasteiger partial charge < -0.3 is 10.2 Å². The molecular weight excluding hydrogens is 236 g/mol. The molecular formula is C12H10N2O4. The minimum absolute atomic E-state index is 0.126. The number of H-pyrrole nitrogens is 1. The predicted octanol–water partition coefficient (Wildman–Crippen LogP) is 1.50. The first-order chi connectivity index (χ1) is 8.57. The maximum absolute atomic E-state index is 11.3. The lowest BCUT2D eigenvalue weighted by Crippen LogP contribution is -2.24. The summed E-state index contributed by atoms with van der Waals surface area (Å²) in [6.45, 7) is 0. The quantitative estimate of drug-likeness (QED) is 0.564. The second-order valence-electron chi connectivity index (χ2n) is 4.35. The molecule has 0 spiro atoms. The van der Waals surface area contributed by atoms with Gasteiger partial charge in [0.25, 0.3) is 5.54 Å². The van der Waals surface area contributed by atoms with Gasteiger partial charge in [-0.05, 0) is 5.56 Å². The molecule has 18 heavy (non-hydrogen) atoms. The van der Waals surface area contributed by atoms with Crippen molar-refractivity contribution in [2.24, 2.45) is 0 Å². The summed E-state index contributed by atoms with van der Waals surface area (Å²) < 4.78 is 0. The monoisotopic (exact) mass is 246 g/mol. The maximum atomic E-state index is 11.3. The molecule has 0 bridgehead atoms. The number of rotatable bonds is 3. The average Bonchev–Trinajstić information content (AvgIpc) is 2.90. The third-order valence-electron chi connectivity index (χ3n) is 3.34. The fourth-order valence-corrected chi connectivity index (χ4v) is 2.49. The van der Waals surface area contributed by atoms with E-state index < -0.39 is 10.5 Å². The standard InChI is InChI=1S/C12H10N2O4/c15-10-8-9(11(16)13-10)12(8,14(17)18)6-7-4-2-1-3-5-7/h1-5,13,15-16H,6H2. The van der Waals surface area contributed by atoms with Crippen LogP contribution in [0.1, 0.15) is 16.7 Å². The SMILES string of the molecule is O=[N+]([O-])C1(Cc2ccccc2)c2c(O)[nH]c(O)c21. The average molecular weight is 246 g/mol. The molecule has 92 valence electrons. The lowest BCUT2D eigenvalue weighted by Gasteiger charge is -2.10. The first-order valence-corrected chi connectivity index (χ1v) is 5.40. The summed E-state index contributed by atoms with van der Waals surface area (Å²) in [7, 11) is 0. The minimum Gasteiger partial charge on any atom is -0.494 e.